The van der Waals surface area contributed by atoms with Crippen LogP contribution in [0, 0.1) is 5.82 Å². The highest BCUT2D eigenvalue weighted by Crippen LogP contribution is 2.29. The number of aromatic nitrogens is 5. The molecule has 1 aliphatic carbocycles. The predicted molar refractivity (Wildman–Crippen MR) is 203 cm³/mol. The van der Waals surface area contributed by atoms with Crippen molar-refractivity contribution in [3.63, 3.8) is 0 Å². The number of carbonyl (C=O) groups is 1. The summed E-state index contributed by atoms with van der Waals surface area (Å²) < 4.78 is 19.3. The van der Waals surface area contributed by atoms with Gasteiger partial charge in [0.25, 0.3) is 11.5 Å². The number of nitrogens with zero attached hydrogens (tertiary/aromatic N) is 7. The molecule has 2 aromatic carbocycles. The fourth-order valence-electron chi connectivity index (χ4n) is 8.32. The summed E-state index contributed by atoms with van der Waals surface area (Å²) in [6.45, 7) is 10.5. The summed E-state index contributed by atoms with van der Waals surface area (Å²) in [5.41, 5.74) is 3.19. The number of imidazole rings is 1. The van der Waals surface area contributed by atoms with Crippen LogP contribution in [-0.4, -0.2) is 77.6 Å². The van der Waals surface area contributed by atoms with Crippen LogP contribution < -0.4 is 16.6 Å². The number of halogens is 1. The third kappa shape index (κ3) is 7.22. The van der Waals surface area contributed by atoms with Crippen molar-refractivity contribution in [1.29, 1.82) is 0 Å². The second kappa shape index (κ2) is 14.8. The van der Waals surface area contributed by atoms with Gasteiger partial charge in [-0.1, -0.05) is 36.4 Å². The summed E-state index contributed by atoms with van der Waals surface area (Å²) in [6, 6.07) is 17.4. The average molecular weight is 719 g/mol. The summed E-state index contributed by atoms with van der Waals surface area (Å²) in [5, 5.41) is 3.17. The molecule has 53 heavy (non-hydrogen) atoms. The topological polar surface area (TPSA) is 110 Å². The molecule has 276 valence electrons. The third-order valence-electron chi connectivity index (χ3n) is 11.4. The van der Waals surface area contributed by atoms with Crippen LogP contribution in [0.15, 0.2) is 76.6 Å². The van der Waals surface area contributed by atoms with E-state index in [9.17, 15) is 18.8 Å². The largest absolute Gasteiger partial charge is 0.348 e. The fraction of sp³-hybridized carbons (Fsp3) is 0.439. The van der Waals surface area contributed by atoms with Gasteiger partial charge in [-0.3, -0.25) is 24.0 Å². The number of amides is 1. The van der Waals surface area contributed by atoms with Crippen molar-refractivity contribution in [1.82, 2.24) is 38.8 Å². The van der Waals surface area contributed by atoms with Crippen molar-refractivity contribution in [2.45, 2.75) is 90.0 Å². The molecule has 1 saturated carbocycles. The van der Waals surface area contributed by atoms with Gasteiger partial charge < -0.3 is 9.88 Å². The Balaban J connectivity index is 1.02. The minimum absolute atomic E-state index is 0.0489. The van der Waals surface area contributed by atoms with Gasteiger partial charge in [-0.2, -0.15) is 0 Å². The number of carbonyl (C=O) groups excluding carboxylic acids is 1. The molecule has 3 aromatic heterocycles. The van der Waals surface area contributed by atoms with Crippen molar-refractivity contribution in [2.24, 2.45) is 0 Å². The highest BCUT2D eigenvalue weighted by atomic mass is 19.1. The zero-order valence-electron chi connectivity index (χ0n) is 30.5. The van der Waals surface area contributed by atoms with Crippen molar-refractivity contribution in [3.05, 3.63) is 111 Å². The molecular weight excluding hydrogens is 672 g/mol. The Morgan fingerprint density at radius 2 is 1.70 bits per heavy atom. The van der Waals surface area contributed by atoms with Crippen LogP contribution in [0.4, 0.5) is 4.39 Å². The molecule has 3 aliphatic rings. The molecule has 1 saturated heterocycles. The van der Waals surface area contributed by atoms with Gasteiger partial charge in [0.05, 0.1) is 17.3 Å². The summed E-state index contributed by atoms with van der Waals surface area (Å²) in [7, 11) is 0. The van der Waals surface area contributed by atoms with E-state index in [0.717, 1.165) is 81.7 Å². The lowest BCUT2D eigenvalue weighted by Crippen LogP contribution is -2.48. The molecule has 2 aliphatic heterocycles. The second-order valence-corrected chi connectivity index (χ2v) is 15.1. The van der Waals surface area contributed by atoms with Gasteiger partial charge in [-0.15, -0.1) is 0 Å². The van der Waals surface area contributed by atoms with Gasteiger partial charge in [0.1, 0.15) is 17.3 Å². The third-order valence-corrected chi connectivity index (χ3v) is 11.4. The molecular formula is C41H47FN8O3. The molecule has 0 atom stereocenters. The summed E-state index contributed by atoms with van der Waals surface area (Å²) >= 11 is 0. The van der Waals surface area contributed by atoms with E-state index < -0.39 is 23.1 Å². The number of rotatable bonds is 8. The molecule has 8 rings (SSSR count). The Kier molecular flexibility index (Phi) is 9.82. The van der Waals surface area contributed by atoms with Gasteiger partial charge in [-0.25, -0.2) is 23.7 Å². The molecule has 5 aromatic rings. The first-order chi connectivity index (χ1) is 25.7. The van der Waals surface area contributed by atoms with Crippen LogP contribution in [-0.2, 0) is 19.5 Å². The van der Waals surface area contributed by atoms with Crippen molar-refractivity contribution >= 4 is 16.9 Å². The highest BCUT2D eigenvalue weighted by Gasteiger charge is 2.29. The normalized spacial score (nSPS) is 19.8. The van der Waals surface area contributed by atoms with E-state index in [4.69, 9.17) is 0 Å². The standard InChI is InChI=1S/C41H47FN8O3/c1-27(2)47-20-18-46(19-21-47)25-28-9-11-29(12-10-28)30-6-5-7-34(22-30)49-38-35(23-31(42)24-43-38)40(52)50(41(49)53)33-15-13-32(14-16-33)44-39(51)36-26-48-17-4-3-8-37(48)45-36/h5-7,9-12,22-24,26-27,32-33H,3-4,8,13-21,25H2,1-2H3,(H,44,51)/t32-,33+. The number of hydrogen-bond donors (Lipinski definition) is 1. The number of nitrogens with one attached hydrogen (secondary N) is 1. The van der Waals surface area contributed by atoms with Crippen molar-refractivity contribution < 1.29 is 9.18 Å². The fourth-order valence-corrected chi connectivity index (χ4v) is 8.32. The SMILES string of the molecule is CC(C)N1CCN(Cc2ccc(-c3cccc(-n4c(=O)n([C@H]5CC[C@@H](NC(=O)c6cn7c(n6)CCCC7)CC5)c(=O)c5cc(F)cnc54)c3)cc2)CC1. The lowest BCUT2D eigenvalue weighted by Gasteiger charge is -2.36. The van der Waals surface area contributed by atoms with Crippen LogP contribution >= 0.6 is 0 Å². The molecule has 5 heterocycles. The minimum atomic E-state index is -0.644. The number of aryl methyl sites for hydroxylation is 2. The van der Waals surface area contributed by atoms with E-state index in [1.807, 2.05) is 30.5 Å². The lowest BCUT2D eigenvalue weighted by molar-refractivity contribution is 0.0917. The molecule has 12 heteroatoms. The molecule has 0 bridgehead atoms. The Hall–Kier alpha value is -4.94. The van der Waals surface area contributed by atoms with E-state index in [1.54, 1.807) is 0 Å². The molecule has 1 N–H and O–H groups in total. The zero-order valence-corrected chi connectivity index (χ0v) is 30.5. The first-order valence-corrected chi connectivity index (χ1v) is 19.1. The van der Waals surface area contributed by atoms with Crippen LogP contribution in [0.1, 0.15) is 80.3 Å². The maximum atomic E-state index is 14.6. The van der Waals surface area contributed by atoms with Crippen molar-refractivity contribution in [2.75, 3.05) is 26.2 Å². The number of fused-ring (bicyclic) bond motifs is 2. The molecule has 0 unspecified atom stereocenters. The molecule has 1 amide bonds. The van der Waals surface area contributed by atoms with Gasteiger partial charge in [0, 0.05) is 70.0 Å². The zero-order chi connectivity index (χ0) is 36.6. The summed E-state index contributed by atoms with van der Waals surface area (Å²) in [5.74, 6) is 0.111. The van der Waals surface area contributed by atoms with Crippen LogP contribution in [0.5, 0.6) is 0 Å². The maximum Gasteiger partial charge on any atom is 0.337 e. The smallest absolute Gasteiger partial charge is 0.337 e. The number of pyridine rings is 1. The van der Waals surface area contributed by atoms with Gasteiger partial charge in [0.2, 0.25) is 0 Å². The first-order valence-electron chi connectivity index (χ1n) is 19.1. The first kappa shape index (κ1) is 35.1. The number of piperazine rings is 1. The summed E-state index contributed by atoms with van der Waals surface area (Å²) in [4.78, 5) is 55.2. The lowest BCUT2D eigenvalue weighted by atomic mass is 9.90. The molecule has 2 fully saturated rings. The average Bonchev–Trinajstić information content (AvgIpc) is 3.62. The summed E-state index contributed by atoms with van der Waals surface area (Å²) in [6.07, 6.45) is 8.12. The van der Waals surface area contributed by atoms with Gasteiger partial charge in [-0.05, 0) is 87.3 Å². The Bertz CT molecular complexity index is 2220. The van der Waals surface area contributed by atoms with E-state index >= 15 is 0 Å². The Labute approximate surface area is 308 Å². The molecule has 11 nitrogen and oxygen atoms in total. The predicted octanol–water partition coefficient (Wildman–Crippen LogP) is 5.33. The van der Waals surface area contributed by atoms with Gasteiger partial charge >= 0.3 is 5.69 Å². The molecule has 0 radical (unpaired) electrons. The van der Waals surface area contributed by atoms with E-state index in [1.165, 1.54) is 20.8 Å². The maximum absolute atomic E-state index is 14.6. The Morgan fingerprint density at radius 1 is 0.925 bits per heavy atom. The molecule has 0 spiro atoms. The Morgan fingerprint density at radius 3 is 2.43 bits per heavy atom. The van der Waals surface area contributed by atoms with Crippen LogP contribution in [0.3, 0.4) is 0 Å². The van der Waals surface area contributed by atoms with E-state index in [0.29, 0.717) is 43.1 Å². The number of benzene rings is 2. The van der Waals surface area contributed by atoms with Crippen molar-refractivity contribution in [3.8, 4) is 16.8 Å². The van der Waals surface area contributed by atoms with E-state index in [-0.39, 0.29) is 23.0 Å². The number of hydrogen-bond acceptors (Lipinski definition) is 7. The highest BCUT2D eigenvalue weighted by molar-refractivity contribution is 5.92. The van der Waals surface area contributed by atoms with Crippen LogP contribution in [0.2, 0.25) is 0 Å². The second-order valence-electron chi connectivity index (χ2n) is 15.1. The minimum Gasteiger partial charge on any atom is -0.348 e. The van der Waals surface area contributed by atoms with Gasteiger partial charge in [0.15, 0.2) is 5.65 Å². The monoisotopic (exact) mass is 718 g/mol. The van der Waals surface area contributed by atoms with Crippen LogP contribution in [0.25, 0.3) is 27.8 Å². The van der Waals surface area contributed by atoms with E-state index in [2.05, 4.69) is 67.8 Å². The quantitative estimate of drug-likeness (QED) is 0.231.